The maximum atomic E-state index is 14.3. The first kappa shape index (κ1) is 59.6. The first-order valence-electron chi connectivity index (χ1n) is 26.2. The van der Waals surface area contributed by atoms with E-state index in [-0.39, 0.29) is 66.5 Å². The first-order chi connectivity index (χ1) is 38.8. The molecule has 0 aliphatic carbocycles. The number of aromatic nitrogens is 2. The number of guanidine groups is 1. The van der Waals surface area contributed by atoms with E-state index in [1.54, 1.807) is 12.3 Å². The van der Waals surface area contributed by atoms with E-state index in [1.165, 1.54) is 59.7 Å². The Labute approximate surface area is 462 Å². The van der Waals surface area contributed by atoms with Crippen LogP contribution in [-0.2, 0) is 23.9 Å². The summed E-state index contributed by atoms with van der Waals surface area (Å²) in [5.74, 6) is -4.41. The Hall–Kier alpha value is -7.47. The number of phenolic OH excluding ortho intramolecular Hbond substituents is 1. The molecule has 5 heterocycles. The van der Waals surface area contributed by atoms with E-state index >= 15 is 0 Å². The molecule has 3 aromatic heterocycles. The second-order valence-electron chi connectivity index (χ2n) is 20.2. The number of aromatic hydroxyl groups is 1. The molecular weight excluding hydrogens is 1060 g/mol. The fourth-order valence-electron chi connectivity index (χ4n) is 10.5. The average molecular weight is 1130 g/mol. The number of aliphatic hydroxyl groups is 7. The van der Waals surface area contributed by atoms with Crippen molar-refractivity contribution in [1.82, 2.24) is 31.0 Å². The van der Waals surface area contributed by atoms with Gasteiger partial charge in [0, 0.05) is 61.8 Å². The number of rotatable bonds is 25. The summed E-state index contributed by atoms with van der Waals surface area (Å²) in [5.41, 5.74) is -0.331. The van der Waals surface area contributed by atoms with Gasteiger partial charge >= 0.3 is 11.9 Å². The third kappa shape index (κ3) is 12.6. The van der Waals surface area contributed by atoms with Gasteiger partial charge in [-0.25, -0.2) is 9.59 Å². The average Bonchev–Trinajstić information content (AvgIpc) is 3.84. The van der Waals surface area contributed by atoms with Crippen molar-refractivity contribution in [2.24, 2.45) is 10.7 Å². The second kappa shape index (κ2) is 25.5. The van der Waals surface area contributed by atoms with Crippen LogP contribution in [0.1, 0.15) is 43.2 Å². The minimum Gasteiger partial charge on any atom is -0.508 e. The van der Waals surface area contributed by atoms with Crippen molar-refractivity contribution in [3.05, 3.63) is 107 Å². The van der Waals surface area contributed by atoms with Gasteiger partial charge in [-0.15, -0.1) is 0 Å². The number of hydrogen-bond acceptors (Lipinski definition) is 21. The van der Waals surface area contributed by atoms with Crippen molar-refractivity contribution < 1.29 is 83.8 Å². The number of carbonyl (C=O) groups excluding carboxylic acids is 2. The van der Waals surface area contributed by atoms with Crippen LogP contribution in [0.4, 0.5) is 0 Å². The number of carbonyl (C=O) groups is 3. The van der Waals surface area contributed by atoms with E-state index in [2.05, 4.69) is 31.2 Å². The van der Waals surface area contributed by atoms with Gasteiger partial charge in [0.25, 0.3) is 0 Å². The molecule has 16 N–H and O–H groups in total. The van der Waals surface area contributed by atoms with Crippen LogP contribution in [0.25, 0.3) is 44.3 Å². The molecule has 0 spiro atoms. The Balaban J connectivity index is 1.31. The van der Waals surface area contributed by atoms with E-state index in [1.807, 2.05) is 32.0 Å². The van der Waals surface area contributed by atoms with Crippen LogP contribution < -0.4 is 42.0 Å². The number of phenols is 1. The van der Waals surface area contributed by atoms with Crippen LogP contribution in [0.2, 0.25) is 0 Å². The molecule has 2 aliphatic rings. The highest BCUT2D eigenvalue weighted by Crippen LogP contribution is 2.47. The van der Waals surface area contributed by atoms with E-state index in [9.17, 15) is 65.1 Å². The van der Waals surface area contributed by atoms with Crippen molar-refractivity contribution >= 4 is 46.1 Å². The predicted octanol–water partition coefficient (Wildman–Crippen LogP) is -0.651. The summed E-state index contributed by atoms with van der Waals surface area (Å²) in [5, 5.41) is 115. The number of nitrogens with two attached hydrogens (primary N) is 1. The summed E-state index contributed by atoms with van der Waals surface area (Å²) in [6.45, 7) is 0.188. The summed E-state index contributed by atoms with van der Waals surface area (Å²) < 4.78 is 26.2. The number of piperidine rings is 1. The normalized spacial score (nSPS) is 23.8. The highest BCUT2D eigenvalue weighted by molar-refractivity contribution is 5.98. The van der Waals surface area contributed by atoms with Gasteiger partial charge in [0.2, 0.25) is 24.2 Å². The maximum absolute atomic E-state index is 14.3. The topological polar surface area (TPSA) is 408 Å². The van der Waals surface area contributed by atoms with Crippen LogP contribution in [0.15, 0.2) is 99.6 Å². The number of benzene rings is 3. The summed E-state index contributed by atoms with van der Waals surface area (Å²) in [7, 11) is 0. The number of aryl methyl sites for hydroxylation is 2. The van der Waals surface area contributed by atoms with E-state index < -0.39 is 103 Å². The van der Waals surface area contributed by atoms with Crippen molar-refractivity contribution in [2.75, 3.05) is 46.0 Å². The number of aliphatic hydroxyl groups excluding tert-OH is 5. The number of nitrogens with one attached hydrogen (secondary N) is 5. The van der Waals surface area contributed by atoms with Crippen molar-refractivity contribution in [2.45, 2.75) is 106 Å². The Bertz CT molecular complexity index is 3240. The molecule has 0 saturated carbocycles. The summed E-state index contributed by atoms with van der Waals surface area (Å²) in [6.07, 6.45) is -5.36. The minimum absolute atomic E-state index is 0.0331. The van der Waals surface area contributed by atoms with Gasteiger partial charge in [-0.1, -0.05) is 29.3 Å². The van der Waals surface area contributed by atoms with Crippen LogP contribution in [-0.4, -0.2) is 186 Å². The van der Waals surface area contributed by atoms with E-state index in [0.717, 1.165) is 11.1 Å². The lowest BCUT2D eigenvalue weighted by molar-refractivity contribution is -0.400. The van der Waals surface area contributed by atoms with Crippen LogP contribution >= 0.6 is 0 Å². The van der Waals surface area contributed by atoms with Gasteiger partial charge < -0.3 is 95.6 Å². The van der Waals surface area contributed by atoms with E-state index in [4.69, 9.17) is 29.2 Å². The molecule has 0 bridgehead atoms. The van der Waals surface area contributed by atoms with Crippen molar-refractivity contribution in [3.63, 3.8) is 0 Å². The number of H-pyrrole nitrogens is 1. The third-order valence-corrected chi connectivity index (χ3v) is 14.4. The number of carboxylic acids is 1. The fraction of sp³-hybridized carbons (Fsp3) is 0.436. The molecule has 2 fully saturated rings. The number of aromatic amines is 1. The number of esters is 1. The van der Waals surface area contributed by atoms with Gasteiger partial charge in [-0.05, 0) is 87.7 Å². The molecule has 0 unspecified atom stereocenters. The number of fused-ring (bicyclic) bond motifs is 2. The van der Waals surface area contributed by atoms with Crippen LogP contribution in [0, 0.1) is 13.8 Å². The zero-order valence-electron chi connectivity index (χ0n) is 44.4. The largest absolute Gasteiger partial charge is 0.508 e. The first-order valence-corrected chi connectivity index (χ1v) is 26.2. The number of carboxylic acid groups (broad SMARTS) is 1. The van der Waals surface area contributed by atoms with Gasteiger partial charge in [0.05, 0.1) is 41.9 Å². The predicted molar refractivity (Wildman–Crippen MR) is 290 cm³/mol. The molecule has 6 aromatic rings. The molecule has 81 heavy (non-hydrogen) atoms. The van der Waals surface area contributed by atoms with Crippen LogP contribution in [0.3, 0.4) is 0 Å². The highest BCUT2D eigenvalue weighted by atomic mass is 16.8. The van der Waals surface area contributed by atoms with Gasteiger partial charge in [0.15, 0.2) is 28.7 Å². The second-order valence-corrected chi connectivity index (χ2v) is 20.2. The van der Waals surface area contributed by atoms with Crippen LogP contribution in [0.5, 0.6) is 11.5 Å². The number of aliphatic imine (C=N–C) groups is 1. The molecule has 2 saturated heterocycles. The maximum Gasteiger partial charge on any atom is 0.337 e. The van der Waals surface area contributed by atoms with E-state index in [0.29, 0.717) is 53.4 Å². The number of ether oxygens (including phenoxy) is 3. The molecule has 3 aromatic carbocycles. The number of aliphatic carboxylic acids is 1. The number of nitrogens with zero attached hydrogens (tertiary/aromatic N) is 2. The van der Waals surface area contributed by atoms with Crippen molar-refractivity contribution in [3.8, 4) is 33.9 Å². The monoisotopic (exact) mass is 1130 g/mol. The van der Waals surface area contributed by atoms with Gasteiger partial charge in [0.1, 0.15) is 48.2 Å². The quantitative estimate of drug-likeness (QED) is 0.00644. The lowest BCUT2D eigenvalue weighted by Gasteiger charge is -2.59. The molecule has 0 radical (unpaired) electrons. The fourth-order valence-corrected chi connectivity index (χ4v) is 10.5. The lowest BCUT2D eigenvalue weighted by atomic mass is 9.66. The highest BCUT2D eigenvalue weighted by Gasteiger charge is 2.75. The molecule has 26 nitrogen and oxygen atoms in total. The van der Waals surface area contributed by atoms with Gasteiger partial charge in [-0.3, -0.25) is 20.4 Å². The molecule has 0 amide bonds. The summed E-state index contributed by atoms with van der Waals surface area (Å²) in [6, 6.07) is 14.7. The summed E-state index contributed by atoms with van der Waals surface area (Å²) in [4.78, 5) is 66.5. The Morgan fingerprint density at radius 2 is 1.79 bits per heavy atom. The van der Waals surface area contributed by atoms with Crippen molar-refractivity contribution in [1.29, 1.82) is 0 Å². The molecule has 10 atom stereocenters. The minimum atomic E-state index is -3.46. The molecular formula is C55H68N8O18. The SMILES string of the molecule is Cc1cc(C)cc(-c2c3[nH]ccc3cn2O[C@@H]2[C@@H](Oc3ccc4c(=O)c(-c5ccc(O)cc5)coc4c3)O[C@@H]([C@](CO)(NC(N)=NCCN[C@@H]3CCN[C@H](O)C3)OC(=O)[C@H](NCCC=O)C(=O)O)[C@@](O)(CO)[C@]2(O)[C@H](O)CCCO)c1. The number of aldehydes is 1. The molecule has 26 heteroatoms. The molecule has 2 aliphatic heterocycles. The smallest absolute Gasteiger partial charge is 0.337 e. The number of hydrogen-bond donors (Lipinski definition) is 15. The zero-order chi connectivity index (χ0) is 58.2. The lowest BCUT2D eigenvalue weighted by Crippen LogP contribution is -2.86. The Morgan fingerprint density at radius 1 is 1.04 bits per heavy atom. The molecule has 8 rings (SSSR count). The zero-order valence-corrected chi connectivity index (χ0v) is 44.4. The van der Waals surface area contributed by atoms with Gasteiger partial charge in [-0.2, -0.15) is 4.73 Å². The molecule has 436 valence electrons. The third-order valence-electron chi connectivity index (χ3n) is 14.4. The Morgan fingerprint density at radius 3 is 2.47 bits per heavy atom. The Kier molecular flexibility index (Phi) is 18.8. The summed E-state index contributed by atoms with van der Waals surface area (Å²) >= 11 is 0. The standard InChI is InChI=1S/C55H68N8O18/c1-30-21-31(2)23-34(22-30)45-43-33(12-15-60-43)26-63(45)81-47-50(78-37-10-11-38-40(25-37)77-27-39(46(38)71)32-6-8-36(68)9-7-32)79-51(53(75,28-66)55(47,76)41(69)5-3-19-64)54(29-67,80-49(74)44(48(72)73)59-14-4-20-65)62-52(56)61-18-17-57-35-13-16-58-42(70)24-35/h6-12,15,20-23,25-27,35,41-42,44,47,50-51,57-60,64,66-70,75-76H,3-5,13-14,16-19,24,28-29H2,1-2H3,(H,72,73)(H3,56,61,62)/t35-,41-,42-,44-,47-,50+,51-,53+,54-,55+/m1/s1.